The van der Waals surface area contributed by atoms with Crippen molar-refractivity contribution in [3.05, 3.63) is 96.1 Å². The van der Waals surface area contributed by atoms with Crippen LogP contribution in [0.1, 0.15) is 15.9 Å². The van der Waals surface area contributed by atoms with E-state index in [1.165, 1.54) is 0 Å². The first kappa shape index (κ1) is 24.0. The van der Waals surface area contributed by atoms with Crippen LogP contribution in [-0.4, -0.2) is 31.4 Å². The lowest BCUT2D eigenvalue weighted by Gasteiger charge is -2.08. The van der Waals surface area contributed by atoms with Gasteiger partial charge in [0.05, 0.1) is 5.56 Å². The number of para-hydroxylation sites is 1. The van der Waals surface area contributed by atoms with Crippen LogP contribution in [0, 0.1) is 11.3 Å². The lowest BCUT2D eigenvalue weighted by atomic mass is 9.98. The molecule has 8 heteroatoms. The van der Waals surface area contributed by atoms with Crippen molar-refractivity contribution in [2.45, 2.75) is 0 Å². The molecule has 1 heterocycles. The Hall–Kier alpha value is -5.16. The van der Waals surface area contributed by atoms with E-state index in [1.54, 1.807) is 24.3 Å². The molecule has 4 rings (SSSR count). The molecule has 1 N–H and O–H groups in total. The van der Waals surface area contributed by atoms with Crippen molar-refractivity contribution >= 4 is 24.0 Å². The van der Waals surface area contributed by atoms with Crippen LogP contribution in [0.5, 0.6) is 5.75 Å². The standard InChI is InChI=1S/C28H20N2O6/c29-15-22-26(19-9-3-1-4-10-19)27(20-11-5-2-6-12-20)36-28(22)30-24(32)17-35-25(33)18-34-23-14-8-7-13-21(23)16-31/h1-14,16H,17-18H2,(H,30,32). The summed E-state index contributed by atoms with van der Waals surface area (Å²) in [6.45, 7) is -1.11. The quantitative estimate of drug-likeness (QED) is 0.268. The number of hydrogen-bond acceptors (Lipinski definition) is 7. The maximum atomic E-state index is 12.5. The van der Waals surface area contributed by atoms with Crippen LogP contribution in [0.2, 0.25) is 0 Å². The third-order valence-corrected chi connectivity index (χ3v) is 5.13. The van der Waals surface area contributed by atoms with Gasteiger partial charge in [0.1, 0.15) is 23.1 Å². The van der Waals surface area contributed by atoms with Crippen LogP contribution >= 0.6 is 0 Å². The predicted molar refractivity (Wildman–Crippen MR) is 131 cm³/mol. The molecule has 0 saturated carbocycles. The zero-order valence-corrected chi connectivity index (χ0v) is 19.0. The Morgan fingerprint density at radius 1 is 0.889 bits per heavy atom. The number of benzene rings is 3. The highest BCUT2D eigenvalue weighted by atomic mass is 16.6. The highest BCUT2D eigenvalue weighted by Gasteiger charge is 2.24. The summed E-state index contributed by atoms with van der Waals surface area (Å²) in [5, 5.41) is 12.4. The summed E-state index contributed by atoms with van der Waals surface area (Å²) < 4.78 is 16.2. The largest absolute Gasteiger partial charge is 0.481 e. The third kappa shape index (κ3) is 5.48. The fraction of sp³-hybridized carbons (Fsp3) is 0.0714. The second-order valence-electron chi connectivity index (χ2n) is 7.51. The van der Waals surface area contributed by atoms with Gasteiger partial charge in [-0.2, -0.15) is 5.26 Å². The fourth-order valence-corrected chi connectivity index (χ4v) is 3.50. The number of hydrogen-bond donors (Lipinski definition) is 1. The minimum absolute atomic E-state index is 0.0487. The molecule has 1 amide bonds. The predicted octanol–water partition coefficient (Wildman–Crippen LogP) is 4.86. The summed E-state index contributed by atoms with van der Waals surface area (Å²) in [4.78, 5) is 35.6. The summed E-state index contributed by atoms with van der Waals surface area (Å²) in [6.07, 6.45) is 0.609. The molecule has 0 radical (unpaired) electrons. The van der Waals surface area contributed by atoms with Crippen LogP contribution < -0.4 is 10.1 Å². The van der Waals surface area contributed by atoms with Gasteiger partial charge in [-0.3, -0.25) is 14.9 Å². The number of nitrogens with zero attached hydrogens (tertiary/aromatic N) is 1. The van der Waals surface area contributed by atoms with Gasteiger partial charge in [-0.05, 0) is 17.7 Å². The molecule has 8 nitrogen and oxygen atoms in total. The number of ether oxygens (including phenoxy) is 2. The van der Waals surface area contributed by atoms with Crippen molar-refractivity contribution in [1.82, 2.24) is 0 Å². The minimum Gasteiger partial charge on any atom is -0.481 e. The van der Waals surface area contributed by atoms with E-state index in [-0.39, 0.29) is 22.8 Å². The molecule has 0 bridgehead atoms. The maximum absolute atomic E-state index is 12.5. The van der Waals surface area contributed by atoms with Gasteiger partial charge in [-0.25, -0.2) is 4.79 Å². The summed E-state index contributed by atoms with van der Waals surface area (Å²) in [5.74, 6) is -0.896. The molecular formula is C28H20N2O6. The molecule has 178 valence electrons. The number of nitriles is 1. The molecule has 0 unspecified atom stereocenters. The summed E-state index contributed by atoms with van der Waals surface area (Å²) >= 11 is 0. The molecule has 36 heavy (non-hydrogen) atoms. The van der Waals surface area contributed by atoms with Crippen molar-refractivity contribution in [2.24, 2.45) is 0 Å². The monoisotopic (exact) mass is 480 g/mol. The first-order valence-electron chi connectivity index (χ1n) is 10.9. The first-order chi connectivity index (χ1) is 17.6. The fourth-order valence-electron chi connectivity index (χ4n) is 3.50. The molecule has 3 aromatic carbocycles. The molecule has 0 aliphatic rings. The highest BCUT2D eigenvalue weighted by Crippen LogP contribution is 2.41. The Labute approximate surface area is 206 Å². The summed E-state index contributed by atoms with van der Waals surface area (Å²) in [6, 6.07) is 26.9. The number of amides is 1. The maximum Gasteiger partial charge on any atom is 0.344 e. The van der Waals surface area contributed by atoms with E-state index in [2.05, 4.69) is 11.4 Å². The number of carbonyl (C=O) groups excluding carboxylic acids is 3. The van der Waals surface area contributed by atoms with Crippen molar-refractivity contribution in [3.8, 4) is 34.3 Å². The Morgan fingerprint density at radius 2 is 1.53 bits per heavy atom. The highest BCUT2D eigenvalue weighted by molar-refractivity contribution is 5.96. The minimum atomic E-state index is -0.805. The number of rotatable bonds is 9. The molecule has 0 saturated heterocycles. The van der Waals surface area contributed by atoms with Crippen molar-refractivity contribution in [3.63, 3.8) is 0 Å². The third-order valence-electron chi connectivity index (χ3n) is 5.13. The first-order valence-corrected chi connectivity index (χ1v) is 10.9. The van der Waals surface area contributed by atoms with E-state index < -0.39 is 25.1 Å². The van der Waals surface area contributed by atoms with E-state index in [4.69, 9.17) is 13.9 Å². The number of esters is 1. The van der Waals surface area contributed by atoms with Gasteiger partial charge in [0.2, 0.25) is 5.88 Å². The molecule has 0 fully saturated rings. The molecule has 0 atom stereocenters. The number of furan rings is 1. The van der Waals surface area contributed by atoms with Crippen molar-refractivity contribution in [2.75, 3.05) is 18.5 Å². The van der Waals surface area contributed by atoms with Gasteiger partial charge in [-0.1, -0.05) is 72.8 Å². The molecule has 0 spiro atoms. The number of anilines is 1. The molecule has 0 aliphatic heterocycles. The van der Waals surface area contributed by atoms with Crippen molar-refractivity contribution in [1.29, 1.82) is 5.26 Å². The molecule has 1 aromatic heterocycles. The van der Waals surface area contributed by atoms with Crippen LogP contribution in [-0.2, 0) is 14.3 Å². The Bertz CT molecular complexity index is 1420. The SMILES string of the molecule is N#Cc1c(NC(=O)COC(=O)COc2ccccc2C=O)oc(-c2ccccc2)c1-c1ccccc1. The van der Waals surface area contributed by atoms with Crippen LogP contribution in [0.3, 0.4) is 0 Å². The molecule has 4 aromatic rings. The van der Waals surface area contributed by atoms with Gasteiger partial charge in [0.15, 0.2) is 19.5 Å². The Balaban J connectivity index is 1.47. The van der Waals surface area contributed by atoms with Crippen LogP contribution in [0.15, 0.2) is 89.3 Å². The van der Waals surface area contributed by atoms with E-state index in [1.807, 2.05) is 60.7 Å². The van der Waals surface area contributed by atoms with Crippen LogP contribution in [0.4, 0.5) is 5.88 Å². The number of aldehydes is 1. The van der Waals surface area contributed by atoms with Gasteiger partial charge >= 0.3 is 5.97 Å². The van der Waals surface area contributed by atoms with E-state index >= 15 is 0 Å². The number of carbonyl (C=O) groups is 3. The van der Waals surface area contributed by atoms with E-state index in [0.717, 1.165) is 11.1 Å². The smallest absolute Gasteiger partial charge is 0.344 e. The second-order valence-corrected chi connectivity index (χ2v) is 7.51. The Morgan fingerprint density at radius 3 is 2.19 bits per heavy atom. The van der Waals surface area contributed by atoms with Gasteiger partial charge in [0, 0.05) is 11.1 Å². The summed E-state index contributed by atoms with van der Waals surface area (Å²) in [7, 11) is 0. The molecular weight excluding hydrogens is 460 g/mol. The lowest BCUT2D eigenvalue weighted by molar-refractivity contribution is -0.149. The van der Waals surface area contributed by atoms with Gasteiger partial charge < -0.3 is 13.9 Å². The van der Waals surface area contributed by atoms with Crippen molar-refractivity contribution < 1.29 is 28.3 Å². The van der Waals surface area contributed by atoms with Gasteiger partial charge in [-0.15, -0.1) is 0 Å². The van der Waals surface area contributed by atoms with Gasteiger partial charge in [0.25, 0.3) is 5.91 Å². The lowest BCUT2D eigenvalue weighted by Crippen LogP contribution is -2.24. The average Bonchev–Trinajstić information content (AvgIpc) is 3.29. The topological polar surface area (TPSA) is 119 Å². The second kappa shape index (κ2) is 11.3. The van der Waals surface area contributed by atoms with E-state index in [0.29, 0.717) is 17.6 Å². The number of nitrogens with one attached hydrogen (secondary N) is 1. The normalized spacial score (nSPS) is 10.2. The Kier molecular flexibility index (Phi) is 7.54. The average molecular weight is 480 g/mol. The van der Waals surface area contributed by atoms with E-state index in [9.17, 15) is 19.6 Å². The molecule has 0 aliphatic carbocycles. The van der Waals surface area contributed by atoms with Crippen LogP contribution in [0.25, 0.3) is 22.5 Å². The zero-order valence-electron chi connectivity index (χ0n) is 19.0. The summed E-state index contributed by atoms with van der Waals surface area (Å²) in [5.41, 5.74) is 2.45. The zero-order chi connectivity index (χ0) is 25.3.